The van der Waals surface area contributed by atoms with E-state index in [2.05, 4.69) is 36.0 Å². The first kappa shape index (κ1) is 16.2. The first-order chi connectivity index (χ1) is 12.3. The summed E-state index contributed by atoms with van der Waals surface area (Å²) in [5.41, 5.74) is 2.11. The summed E-state index contributed by atoms with van der Waals surface area (Å²) in [6, 6.07) is 5.96. The van der Waals surface area contributed by atoms with Gasteiger partial charge in [-0.1, -0.05) is 0 Å². The van der Waals surface area contributed by atoms with E-state index in [9.17, 15) is 0 Å². The lowest BCUT2D eigenvalue weighted by Crippen LogP contribution is -2.47. The number of hydrogen-bond acceptors (Lipinski definition) is 7. The number of aromatic nitrogens is 4. The average Bonchev–Trinajstić information content (AvgIpc) is 3.49. The maximum atomic E-state index is 5.67. The third kappa shape index (κ3) is 4.22. The Morgan fingerprint density at radius 1 is 1.08 bits per heavy atom. The van der Waals surface area contributed by atoms with E-state index in [1.54, 1.807) is 6.33 Å². The Kier molecular flexibility index (Phi) is 4.74. The van der Waals surface area contributed by atoms with Crippen molar-refractivity contribution in [2.24, 2.45) is 0 Å². The van der Waals surface area contributed by atoms with Crippen LogP contribution in [0.5, 0.6) is 5.88 Å². The maximum Gasteiger partial charge on any atom is 0.233 e. The van der Waals surface area contributed by atoms with Crippen molar-refractivity contribution in [2.75, 3.05) is 44.2 Å². The fourth-order valence-electron chi connectivity index (χ4n) is 3.08. The minimum absolute atomic E-state index is 0.595. The smallest absolute Gasteiger partial charge is 0.233 e. The summed E-state index contributed by atoms with van der Waals surface area (Å²) in [4.78, 5) is 13.6. The number of rotatable bonds is 6. The lowest BCUT2D eigenvalue weighted by Gasteiger charge is -2.35. The van der Waals surface area contributed by atoms with Gasteiger partial charge < -0.3 is 9.64 Å². The Balaban J connectivity index is 1.23. The van der Waals surface area contributed by atoms with E-state index in [1.807, 2.05) is 19.1 Å². The summed E-state index contributed by atoms with van der Waals surface area (Å²) >= 11 is 0. The number of aryl methyl sites for hydroxylation is 1. The normalized spacial score (nSPS) is 18.4. The molecule has 2 aromatic rings. The molecule has 3 heterocycles. The van der Waals surface area contributed by atoms with E-state index in [0.717, 1.165) is 44.2 Å². The van der Waals surface area contributed by atoms with Crippen LogP contribution in [0.15, 0.2) is 24.5 Å². The molecule has 0 atom stereocenters. The standard InChI is InChI=1S/C18H24N6O/c1-14-2-5-18(22-21-14)25-11-10-23-6-8-24(9-7-23)17-12-16(15-3-4-15)19-13-20-17/h2,5,12-13,15H,3-4,6-11H2,1H3. The van der Waals surface area contributed by atoms with Crippen LogP contribution in [0.1, 0.15) is 30.1 Å². The average molecular weight is 340 g/mol. The van der Waals surface area contributed by atoms with Gasteiger partial charge in [0.15, 0.2) is 0 Å². The van der Waals surface area contributed by atoms with Crippen molar-refractivity contribution in [3.8, 4) is 5.88 Å². The Morgan fingerprint density at radius 3 is 2.64 bits per heavy atom. The maximum absolute atomic E-state index is 5.67. The first-order valence-electron chi connectivity index (χ1n) is 9.00. The van der Waals surface area contributed by atoms with Gasteiger partial charge in [-0.3, -0.25) is 4.90 Å². The van der Waals surface area contributed by atoms with Gasteiger partial charge in [-0.05, 0) is 25.8 Å². The summed E-state index contributed by atoms with van der Waals surface area (Å²) in [6.07, 6.45) is 4.26. The van der Waals surface area contributed by atoms with Gasteiger partial charge in [0.2, 0.25) is 5.88 Å². The first-order valence-corrected chi connectivity index (χ1v) is 9.00. The molecule has 0 aromatic carbocycles. The molecule has 1 aliphatic carbocycles. The lowest BCUT2D eigenvalue weighted by atomic mass is 10.2. The number of hydrogen-bond donors (Lipinski definition) is 0. The molecule has 2 fully saturated rings. The van der Waals surface area contributed by atoms with Crippen LogP contribution in [0, 0.1) is 6.92 Å². The van der Waals surface area contributed by atoms with Gasteiger partial charge in [0.05, 0.1) is 5.69 Å². The minimum Gasteiger partial charge on any atom is -0.475 e. The Morgan fingerprint density at radius 2 is 1.92 bits per heavy atom. The van der Waals surface area contributed by atoms with Crippen molar-refractivity contribution in [3.63, 3.8) is 0 Å². The van der Waals surface area contributed by atoms with E-state index < -0.39 is 0 Å². The third-order valence-electron chi connectivity index (χ3n) is 4.80. The van der Waals surface area contributed by atoms with Crippen molar-refractivity contribution in [2.45, 2.75) is 25.7 Å². The van der Waals surface area contributed by atoms with Crippen molar-refractivity contribution in [1.29, 1.82) is 0 Å². The van der Waals surface area contributed by atoms with E-state index >= 15 is 0 Å². The third-order valence-corrected chi connectivity index (χ3v) is 4.80. The summed E-state index contributed by atoms with van der Waals surface area (Å²) in [5, 5.41) is 8.03. The van der Waals surface area contributed by atoms with E-state index in [4.69, 9.17) is 4.74 Å². The van der Waals surface area contributed by atoms with Crippen LogP contribution in [-0.2, 0) is 0 Å². The van der Waals surface area contributed by atoms with Crippen LogP contribution < -0.4 is 9.64 Å². The summed E-state index contributed by atoms with van der Waals surface area (Å²) in [5.74, 6) is 2.34. The van der Waals surface area contributed by atoms with Crippen molar-refractivity contribution in [3.05, 3.63) is 35.9 Å². The van der Waals surface area contributed by atoms with Crippen LogP contribution in [0.25, 0.3) is 0 Å². The van der Waals surface area contributed by atoms with Crippen LogP contribution >= 0.6 is 0 Å². The largest absolute Gasteiger partial charge is 0.475 e. The highest BCUT2D eigenvalue weighted by atomic mass is 16.5. The number of nitrogens with zero attached hydrogens (tertiary/aromatic N) is 6. The quantitative estimate of drug-likeness (QED) is 0.792. The molecule has 7 heteroatoms. The van der Waals surface area contributed by atoms with Gasteiger partial charge >= 0.3 is 0 Å². The molecule has 0 bridgehead atoms. The zero-order valence-electron chi connectivity index (χ0n) is 14.6. The summed E-state index contributed by atoms with van der Waals surface area (Å²) in [7, 11) is 0. The molecule has 0 unspecified atom stereocenters. The number of piperazine rings is 1. The molecule has 7 nitrogen and oxygen atoms in total. The van der Waals surface area contributed by atoms with Crippen molar-refractivity contribution >= 4 is 5.82 Å². The van der Waals surface area contributed by atoms with E-state index in [0.29, 0.717) is 18.4 Å². The molecule has 0 amide bonds. The zero-order valence-corrected chi connectivity index (χ0v) is 14.6. The Hall–Kier alpha value is -2.28. The predicted molar refractivity (Wildman–Crippen MR) is 94.9 cm³/mol. The van der Waals surface area contributed by atoms with E-state index in [1.165, 1.54) is 18.5 Å². The second kappa shape index (κ2) is 7.31. The molecular weight excluding hydrogens is 316 g/mol. The highest BCUT2D eigenvalue weighted by molar-refractivity contribution is 5.41. The topological polar surface area (TPSA) is 67.3 Å². The van der Waals surface area contributed by atoms with Crippen LogP contribution in [-0.4, -0.2) is 64.4 Å². The SMILES string of the molecule is Cc1ccc(OCCN2CCN(c3cc(C4CC4)ncn3)CC2)nn1. The Bertz CT molecular complexity index is 695. The van der Waals surface area contributed by atoms with Gasteiger partial charge in [0, 0.05) is 56.5 Å². The van der Waals surface area contributed by atoms with Gasteiger partial charge in [-0.25, -0.2) is 9.97 Å². The molecule has 1 aliphatic heterocycles. The Labute approximate surface area is 148 Å². The molecule has 0 radical (unpaired) electrons. The highest BCUT2D eigenvalue weighted by Crippen LogP contribution is 2.39. The highest BCUT2D eigenvalue weighted by Gasteiger charge is 2.26. The monoisotopic (exact) mass is 340 g/mol. The molecule has 1 saturated carbocycles. The minimum atomic E-state index is 0.595. The molecule has 2 aliphatic rings. The molecule has 0 spiro atoms. The van der Waals surface area contributed by atoms with Crippen LogP contribution in [0.3, 0.4) is 0 Å². The zero-order chi connectivity index (χ0) is 17.1. The lowest BCUT2D eigenvalue weighted by molar-refractivity contribution is 0.195. The second-order valence-corrected chi connectivity index (χ2v) is 6.77. The second-order valence-electron chi connectivity index (χ2n) is 6.77. The molecule has 0 N–H and O–H groups in total. The predicted octanol–water partition coefficient (Wildman–Crippen LogP) is 1.65. The van der Waals surface area contributed by atoms with Gasteiger partial charge in [-0.2, -0.15) is 5.10 Å². The van der Waals surface area contributed by atoms with Crippen molar-refractivity contribution < 1.29 is 4.74 Å². The molecular formula is C18H24N6O. The number of ether oxygens (including phenoxy) is 1. The van der Waals surface area contributed by atoms with Gasteiger partial charge in [0.1, 0.15) is 18.8 Å². The molecule has 25 heavy (non-hydrogen) atoms. The van der Waals surface area contributed by atoms with Crippen LogP contribution in [0.2, 0.25) is 0 Å². The molecule has 2 aromatic heterocycles. The van der Waals surface area contributed by atoms with Gasteiger partial charge in [0.25, 0.3) is 0 Å². The molecule has 4 rings (SSSR count). The molecule has 132 valence electrons. The van der Waals surface area contributed by atoms with E-state index in [-0.39, 0.29) is 0 Å². The van der Waals surface area contributed by atoms with Crippen LogP contribution in [0.4, 0.5) is 5.82 Å². The summed E-state index contributed by atoms with van der Waals surface area (Å²) < 4.78 is 5.67. The van der Waals surface area contributed by atoms with Gasteiger partial charge in [-0.15, -0.1) is 5.10 Å². The van der Waals surface area contributed by atoms with Crippen molar-refractivity contribution in [1.82, 2.24) is 25.1 Å². The fourth-order valence-corrected chi connectivity index (χ4v) is 3.08. The molecule has 1 saturated heterocycles. The fraction of sp³-hybridized carbons (Fsp3) is 0.556. The number of anilines is 1. The summed E-state index contributed by atoms with van der Waals surface area (Å²) in [6.45, 7) is 7.48.